The second-order valence-corrected chi connectivity index (χ2v) is 6.31. The Hall–Kier alpha value is -1.49. The summed E-state index contributed by atoms with van der Waals surface area (Å²) in [7, 11) is -3.04. The van der Waals surface area contributed by atoms with Crippen LogP contribution in [0.25, 0.3) is 0 Å². The predicted octanol–water partition coefficient (Wildman–Crippen LogP) is 3.05. The first-order valence-corrected chi connectivity index (χ1v) is 8.54. The van der Waals surface area contributed by atoms with Crippen LogP contribution < -0.4 is 16.2 Å². The van der Waals surface area contributed by atoms with E-state index in [1.807, 2.05) is 0 Å². The molecule has 0 saturated heterocycles. The van der Waals surface area contributed by atoms with Crippen molar-refractivity contribution in [2.45, 2.75) is 13.8 Å². The molecule has 0 aromatic heterocycles. The third kappa shape index (κ3) is 6.21. The highest BCUT2D eigenvalue weighted by Crippen LogP contribution is 2.47. The van der Waals surface area contributed by atoms with Crippen LogP contribution in [-0.2, 0) is 13.6 Å². The van der Waals surface area contributed by atoms with Gasteiger partial charge in [0.25, 0.3) is 0 Å². The maximum Gasteiger partial charge on any atom is 0.334 e. The van der Waals surface area contributed by atoms with Crippen LogP contribution in [0.15, 0.2) is 30.4 Å². The Morgan fingerprint density at radius 2 is 1.81 bits per heavy atom. The average molecular weight is 314 g/mol. The molecule has 7 heteroatoms. The van der Waals surface area contributed by atoms with E-state index < -0.39 is 7.60 Å². The highest BCUT2D eigenvalue weighted by atomic mass is 31.2. The predicted molar refractivity (Wildman–Crippen MR) is 85.6 cm³/mol. The average Bonchev–Trinajstić information content (AvgIpc) is 2.42. The minimum atomic E-state index is -3.04. The number of hydrogen-bond acceptors (Lipinski definition) is 6. The molecule has 1 rings (SSSR count). The van der Waals surface area contributed by atoms with Gasteiger partial charge in [0.2, 0.25) is 0 Å². The summed E-state index contributed by atoms with van der Waals surface area (Å²) >= 11 is 0. The number of rotatable bonds is 9. The highest BCUT2D eigenvalue weighted by molar-refractivity contribution is 7.54. The molecule has 1 aromatic carbocycles. The van der Waals surface area contributed by atoms with Crippen LogP contribution in [0.1, 0.15) is 13.8 Å². The summed E-state index contributed by atoms with van der Waals surface area (Å²) < 4.78 is 28.0. The van der Waals surface area contributed by atoms with Crippen molar-refractivity contribution in [3.63, 3.8) is 0 Å². The molecule has 0 radical (unpaired) electrons. The van der Waals surface area contributed by atoms with Crippen molar-refractivity contribution < 1.29 is 18.3 Å². The zero-order valence-corrected chi connectivity index (χ0v) is 13.3. The SMILES string of the molecule is CCOP(=O)(C/C=C/COc1cc(N)ccc1N)OCC. The molecule has 0 aliphatic carbocycles. The first-order chi connectivity index (χ1) is 10.0. The number of anilines is 2. The molecule has 0 bridgehead atoms. The van der Waals surface area contributed by atoms with E-state index in [-0.39, 0.29) is 6.16 Å². The van der Waals surface area contributed by atoms with Crippen LogP contribution in [0, 0.1) is 0 Å². The second-order valence-electron chi connectivity index (χ2n) is 4.21. The molecular formula is C14H23N2O4P. The van der Waals surface area contributed by atoms with Crippen LogP contribution >= 0.6 is 7.60 Å². The Labute approximate surface area is 125 Å². The number of nitrogen functional groups attached to an aromatic ring is 2. The summed E-state index contributed by atoms with van der Waals surface area (Å²) in [6, 6.07) is 5.06. The van der Waals surface area contributed by atoms with Gasteiger partial charge in [0, 0.05) is 11.8 Å². The van der Waals surface area contributed by atoms with Gasteiger partial charge >= 0.3 is 7.60 Å². The lowest BCUT2D eigenvalue weighted by molar-refractivity contribution is 0.222. The number of allylic oxidation sites excluding steroid dienone is 1. The zero-order valence-electron chi connectivity index (χ0n) is 12.5. The summed E-state index contributed by atoms with van der Waals surface area (Å²) in [5, 5.41) is 0. The van der Waals surface area contributed by atoms with Gasteiger partial charge in [0.05, 0.1) is 25.1 Å². The summed E-state index contributed by atoms with van der Waals surface area (Å²) in [6.45, 7) is 4.55. The van der Waals surface area contributed by atoms with E-state index in [2.05, 4.69) is 0 Å². The molecule has 21 heavy (non-hydrogen) atoms. The molecule has 0 heterocycles. The number of benzene rings is 1. The smallest absolute Gasteiger partial charge is 0.334 e. The van der Waals surface area contributed by atoms with Crippen LogP contribution in [-0.4, -0.2) is 26.0 Å². The molecule has 0 unspecified atom stereocenters. The molecule has 0 atom stereocenters. The Balaban J connectivity index is 2.47. The van der Waals surface area contributed by atoms with Crippen LogP contribution in [0.3, 0.4) is 0 Å². The minimum absolute atomic E-state index is 0.213. The van der Waals surface area contributed by atoms with Crippen molar-refractivity contribution in [3.8, 4) is 5.75 Å². The van der Waals surface area contributed by atoms with Gasteiger partial charge < -0.3 is 25.3 Å². The Kier molecular flexibility index (Phi) is 7.29. The zero-order chi connectivity index (χ0) is 15.7. The van der Waals surface area contributed by atoms with Gasteiger partial charge in [-0.15, -0.1) is 0 Å². The Morgan fingerprint density at radius 1 is 1.14 bits per heavy atom. The molecule has 0 aliphatic heterocycles. The molecule has 0 aliphatic rings. The summed E-state index contributed by atoms with van der Waals surface area (Å²) in [5.74, 6) is 0.525. The Morgan fingerprint density at radius 3 is 2.43 bits per heavy atom. The fourth-order valence-electron chi connectivity index (χ4n) is 1.62. The van der Waals surface area contributed by atoms with Crippen LogP contribution in [0.5, 0.6) is 5.75 Å². The van der Waals surface area contributed by atoms with E-state index in [1.54, 1.807) is 44.2 Å². The first-order valence-electron chi connectivity index (χ1n) is 6.81. The number of nitrogens with two attached hydrogens (primary N) is 2. The topological polar surface area (TPSA) is 96.8 Å². The molecule has 0 fully saturated rings. The lowest BCUT2D eigenvalue weighted by Gasteiger charge is -2.14. The van der Waals surface area contributed by atoms with Crippen molar-refractivity contribution in [2.24, 2.45) is 0 Å². The maximum absolute atomic E-state index is 12.2. The highest BCUT2D eigenvalue weighted by Gasteiger charge is 2.20. The van der Waals surface area contributed by atoms with Crippen molar-refractivity contribution >= 4 is 19.0 Å². The van der Waals surface area contributed by atoms with Gasteiger partial charge in [-0.1, -0.05) is 12.2 Å². The van der Waals surface area contributed by atoms with E-state index in [0.29, 0.717) is 36.9 Å². The van der Waals surface area contributed by atoms with E-state index in [1.165, 1.54) is 0 Å². The van der Waals surface area contributed by atoms with Crippen LogP contribution in [0.4, 0.5) is 11.4 Å². The van der Waals surface area contributed by atoms with Crippen molar-refractivity contribution in [3.05, 3.63) is 30.4 Å². The largest absolute Gasteiger partial charge is 0.487 e. The fourth-order valence-corrected chi connectivity index (χ4v) is 3.10. The number of ether oxygens (including phenoxy) is 1. The van der Waals surface area contributed by atoms with Crippen molar-refractivity contribution in [1.29, 1.82) is 0 Å². The van der Waals surface area contributed by atoms with Gasteiger partial charge in [-0.05, 0) is 26.0 Å². The monoisotopic (exact) mass is 314 g/mol. The second kappa shape index (κ2) is 8.72. The molecule has 4 N–H and O–H groups in total. The number of hydrogen-bond donors (Lipinski definition) is 2. The first kappa shape index (κ1) is 17.6. The molecule has 1 aromatic rings. The van der Waals surface area contributed by atoms with Gasteiger partial charge in [0.1, 0.15) is 12.4 Å². The summed E-state index contributed by atoms with van der Waals surface area (Å²) in [6.07, 6.45) is 3.67. The van der Waals surface area contributed by atoms with E-state index in [0.717, 1.165) is 0 Å². The summed E-state index contributed by atoms with van der Waals surface area (Å²) in [5.41, 5.74) is 12.5. The van der Waals surface area contributed by atoms with Crippen molar-refractivity contribution in [2.75, 3.05) is 37.4 Å². The van der Waals surface area contributed by atoms with Gasteiger partial charge in [-0.2, -0.15) is 0 Å². The quantitative estimate of drug-likeness (QED) is 0.413. The lowest BCUT2D eigenvalue weighted by Crippen LogP contribution is -2.00. The molecule has 0 spiro atoms. The standard InChI is InChI=1S/C14H23N2O4P/c1-3-19-21(17,20-4-2)10-6-5-9-18-14-11-12(15)7-8-13(14)16/h5-8,11H,3-4,9-10,15-16H2,1-2H3/b6-5+. The van der Waals surface area contributed by atoms with Gasteiger partial charge in [-0.25, -0.2) is 0 Å². The molecular weight excluding hydrogens is 291 g/mol. The van der Waals surface area contributed by atoms with E-state index in [9.17, 15) is 4.57 Å². The normalized spacial score (nSPS) is 11.9. The van der Waals surface area contributed by atoms with Gasteiger partial charge in [0.15, 0.2) is 0 Å². The minimum Gasteiger partial charge on any atom is -0.487 e. The summed E-state index contributed by atoms with van der Waals surface area (Å²) in [4.78, 5) is 0. The fraction of sp³-hybridized carbons (Fsp3) is 0.429. The van der Waals surface area contributed by atoms with Crippen LogP contribution in [0.2, 0.25) is 0 Å². The molecule has 118 valence electrons. The molecule has 0 amide bonds. The third-order valence-electron chi connectivity index (χ3n) is 2.52. The molecule has 0 saturated carbocycles. The maximum atomic E-state index is 12.2. The lowest BCUT2D eigenvalue weighted by atomic mass is 10.2. The Bertz CT molecular complexity index is 510. The van der Waals surface area contributed by atoms with Gasteiger partial charge in [-0.3, -0.25) is 4.57 Å². The van der Waals surface area contributed by atoms with E-state index >= 15 is 0 Å². The molecule has 6 nitrogen and oxygen atoms in total. The third-order valence-corrected chi connectivity index (χ3v) is 4.48. The van der Waals surface area contributed by atoms with E-state index in [4.69, 9.17) is 25.3 Å². The van der Waals surface area contributed by atoms with Crippen molar-refractivity contribution in [1.82, 2.24) is 0 Å².